The second-order valence-corrected chi connectivity index (χ2v) is 2.52. The molecule has 1 N–H and O–H groups in total. The summed E-state index contributed by atoms with van der Waals surface area (Å²) in [5.74, 6) is -0.217. The first-order chi connectivity index (χ1) is 6.81. The first-order valence-electron chi connectivity index (χ1n) is 4.73. The molecular weight excluding hydrogens is 188 g/mol. The van der Waals surface area contributed by atoms with Crippen molar-refractivity contribution in [2.24, 2.45) is 0 Å². The van der Waals surface area contributed by atoms with Gasteiger partial charge in [-0.1, -0.05) is 6.92 Å². The molecule has 0 amide bonds. The van der Waals surface area contributed by atoms with E-state index in [1.165, 1.54) is 0 Å². The third kappa shape index (κ3) is 9.44. The molecule has 5 nitrogen and oxygen atoms in total. The SMILES string of the molecule is CCC(=O)OCCOCCOCCO. The van der Waals surface area contributed by atoms with Gasteiger partial charge in [-0.15, -0.1) is 0 Å². The zero-order valence-corrected chi connectivity index (χ0v) is 8.53. The number of esters is 1. The molecule has 0 heterocycles. The van der Waals surface area contributed by atoms with Gasteiger partial charge in [-0.05, 0) is 0 Å². The Balaban J connectivity index is 2.95. The van der Waals surface area contributed by atoms with Crippen molar-refractivity contribution in [2.45, 2.75) is 13.3 Å². The lowest BCUT2D eigenvalue weighted by Crippen LogP contribution is -2.12. The molecule has 0 aliphatic heterocycles. The van der Waals surface area contributed by atoms with Gasteiger partial charge < -0.3 is 19.3 Å². The molecular formula is C9H18O5. The predicted octanol–water partition coefficient (Wildman–Crippen LogP) is -0.0349. The molecule has 0 bridgehead atoms. The van der Waals surface area contributed by atoms with Crippen LogP contribution in [0.25, 0.3) is 0 Å². The van der Waals surface area contributed by atoms with E-state index in [1.54, 1.807) is 6.92 Å². The molecule has 84 valence electrons. The van der Waals surface area contributed by atoms with Crippen LogP contribution in [0.1, 0.15) is 13.3 Å². The lowest BCUT2D eigenvalue weighted by molar-refractivity contribution is -0.144. The summed E-state index contributed by atoms with van der Waals surface area (Å²) in [6, 6.07) is 0. The van der Waals surface area contributed by atoms with E-state index in [-0.39, 0.29) is 19.2 Å². The second kappa shape index (κ2) is 10.4. The first kappa shape index (κ1) is 13.4. The average molecular weight is 206 g/mol. The Kier molecular flexibility index (Phi) is 9.95. The molecule has 14 heavy (non-hydrogen) atoms. The lowest BCUT2D eigenvalue weighted by atomic mass is 10.5. The molecule has 0 atom stereocenters. The summed E-state index contributed by atoms with van der Waals surface area (Å²) in [5, 5.41) is 8.37. The van der Waals surface area contributed by atoms with Crippen LogP contribution in [0, 0.1) is 0 Å². The Bertz CT molecular complexity index is 137. The zero-order valence-electron chi connectivity index (χ0n) is 8.53. The van der Waals surface area contributed by atoms with Crippen LogP contribution in [0.2, 0.25) is 0 Å². The Morgan fingerprint density at radius 3 is 2.21 bits per heavy atom. The number of hydrogen-bond acceptors (Lipinski definition) is 5. The highest BCUT2D eigenvalue weighted by Gasteiger charge is 1.96. The molecule has 0 aliphatic carbocycles. The fourth-order valence-electron chi connectivity index (χ4n) is 0.703. The summed E-state index contributed by atoms with van der Waals surface area (Å²) >= 11 is 0. The highest BCUT2D eigenvalue weighted by molar-refractivity contribution is 5.68. The van der Waals surface area contributed by atoms with E-state index in [2.05, 4.69) is 0 Å². The molecule has 0 radical (unpaired) electrons. The van der Waals surface area contributed by atoms with Crippen LogP contribution in [0.3, 0.4) is 0 Å². The van der Waals surface area contributed by atoms with Gasteiger partial charge in [0, 0.05) is 6.42 Å². The van der Waals surface area contributed by atoms with Crippen LogP contribution < -0.4 is 0 Å². The Morgan fingerprint density at radius 2 is 1.64 bits per heavy atom. The summed E-state index contributed by atoms with van der Waals surface area (Å²) in [4.78, 5) is 10.7. The number of ether oxygens (including phenoxy) is 3. The van der Waals surface area contributed by atoms with E-state index < -0.39 is 0 Å². The maximum Gasteiger partial charge on any atom is 0.305 e. The average Bonchev–Trinajstić information content (AvgIpc) is 2.21. The molecule has 0 aromatic heterocycles. The van der Waals surface area contributed by atoms with Crippen LogP contribution in [-0.2, 0) is 19.0 Å². The van der Waals surface area contributed by atoms with Gasteiger partial charge in [0.25, 0.3) is 0 Å². The highest BCUT2D eigenvalue weighted by Crippen LogP contribution is 1.85. The lowest BCUT2D eigenvalue weighted by Gasteiger charge is -2.05. The van der Waals surface area contributed by atoms with E-state index in [1.807, 2.05) is 0 Å². The van der Waals surface area contributed by atoms with Crippen molar-refractivity contribution in [1.82, 2.24) is 0 Å². The highest BCUT2D eigenvalue weighted by atomic mass is 16.6. The van der Waals surface area contributed by atoms with Crippen molar-refractivity contribution in [1.29, 1.82) is 0 Å². The van der Waals surface area contributed by atoms with Gasteiger partial charge in [0.1, 0.15) is 6.61 Å². The van der Waals surface area contributed by atoms with Gasteiger partial charge >= 0.3 is 5.97 Å². The van der Waals surface area contributed by atoms with E-state index in [9.17, 15) is 4.79 Å². The van der Waals surface area contributed by atoms with E-state index >= 15 is 0 Å². The Labute approximate surface area is 84.0 Å². The van der Waals surface area contributed by atoms with E-state index in [0.29, 0.717) is 32.8 Å². The van der Waals surface area contributed by atoms with E-state index in [4.69, 9.17) is 19.3 Å². The predicted molar refractivity (Wildman–Crippen MR) is 50.0 cm³/mol. The van der Waals surface area contributed by atoms with Gasteiger partial charge in [0.05, 0.1) is 33.0 Å². The maximum atomic E-state index is 10.7. The normalized spacial score (nSPS) is 10.1. The molecule has 0 aromatic rings. The number of aliphatic hydroxyl groups excluding tert-OH is 1. The molecule has 0 spiro atoms. The minimum atomic E-state index is -0.217. The largest absolute Gasteiger partial charge is 0.463 e. The smallest absolute Gasteiger partial charge is 0.305 e. The maximum absolute atomic E-state index is 10.7. The Morgan fingerprint density at radius 1 is 1.07 bits per heavy atom. The molecule has 0 aromatic carbocycles. The Hall–Kier alpha value is -0.650. The van der Waals surface area contributed by atoms with Crippen LogP contribution in [0.5, 0.6) is 0 Å². The van der Waals surface area contributed by atoms with Crippen LogP contribution in [0.15, 0.2) is 0 Å². The molecule has 0 saturated carbocycles. The second-order valence-electron chi connectivity index (χ2n) is 2.52. The molecule has 0 rings (SSSR count). The number of rotatable bonds is 9. The van der Waals surface area contributed by atoms with Crippen molar-refractivity contribution in [3.8, 4) is 0 Å². The minimum Gasteiger partial charge on any atom is -0.463 e. The van der Waals surface area contributed by atoms with E-state index in [0.717, 1.165) is 0 Å². The molecule has 0 fully saturated rings. The fraction of sp³-hybridized carbons (Fsp3) is 0.889. The van der Waals surface area contributed by atoms with Crippen molar-refractivity contribution in [3.05, 3.63) is 0 Å². The fourth-order valence-corrected chi connectivity index (χ4v) is 0.703. The van der Waals surface area contributed by atoms with Gasteiger partial charge in [-0.3, -0.25) is 4.79 Å². The van der Waals surface area contributed by atoms with Crippen LogP contribution in [-0.4, -0.2) is 50.7 Å². The molecule has 0 unspecified atom stereocenters. The van der Waals surface area contributed by atoms with Crippen LogP contribution >= 0.6 is 0 Å². The summed E-state index contributed by atoms with van der Waals surface area (Å²) < 4.78 is 14.8. The number of carbonyl (C=O) groups excluding carboxylic acids is 1. The quantitative estimate of drug-likeness (QED) is 0.424. The van der Waals surface area contributed by atoms with Crippen molar-refractivity contribution in [2.75, 3.05) is 39.6 Å². The monoisotopic (exact) mass is 206 g/mol. The number of aliphatic hydroxyl groups is 1. The van der Waals surface area contributed by atoms with Crippen molar-refractivity contribution in [3.63, 3.8) is 0 Å². The van der Waals surface area contributed by atoms with Crippen molar-refractivity contribution >= 4 is 5.97 Å². The summed E-state index contributed by atoms with van der Waals surface area (Å²) in [6.45, 7) is 3.65. The van der Waals surface area contributed by atoms with Gasteiger partial charge in [-0.25, -0.2) is 0 Å². The third-order valence-corrected chi connectivity index (χ3v) is 1.39. The number of hydrogen-bond donors (Lipinski definition) is 1. The summed E-state index contributed by atoms with van der Waals surface area (Å²) in [6.07, 6.45) is 0.389. The van der Waals surface area contributed by atoms with Crippen molar-refractivity contribution < 1.29 is 24.1 Å². The third-order valence-electron chi connectivity index (χ3n) is 1.39. The molecule has 0 aliphatic rings. The molecule has 0 saturated heterocycles. The van der Waals surface area contributed by atoms with Gasteiger partial charge in [0.2, 0.25) is 0 Å². The molecule has 5 heteroatoms. The summed E-state index contributed by atoms with van der Waals surface area (Å²) in [5.41, 5.74) is 0. The zero-order chi connectivity index (χ0) is 10.6. The number of carbonyl (C=O) groups is 1. The first-order valence-corrected chi connectivity index (χ1v) is 4.73. The minimum absolute atomic E-state index is 0.0219. The standard InChI is InChI=1S/C9H18O5/c1-2-9(11)14-8-7-13-6-5-12-4-3-10/h10H,2-8H2,1H3. The topological polar surface area (TPSA) is 65.0 Å². The van der Waals surface area contributed by atoms with Crippen LogP contribution in [0.4, 0.5) is 0 Å². The van der Waals surface area contributed by atoms with Gasteiger partial charge in [0.15, 0.2) is 0 Å². The summed E-state index contributed by atoms with van der Waals surface area (Å²) in [7, 11) is 0. The van der Waals surface area contributed by atoms with Gasteiger partial charge in [-0.2, -0.15) is 0 Å².